The minimum Gasteiger partial charge on any atom is -0.454 e. The molecule has 4 nitrogen and oxygen atoms in total. The third kappa shape index (κ3) is 6.55. The molecule has 0 amide bonds. The summed E-state index contributed by atoms with van der Waals surface area (Å²) < 4.78 is 5.58. The van der Waals surface area contributed by atoms with Crippen LogP contribution in [0, 0.1) is 0 Å². The average Bonchev–Trinajstić information content (AvgIpc) is 2.55. The standard InChI is InChI=1S/C19H30N2O2/c1-6-19(4,5)23-18(22)17(16-12-10-9-11-13-16)20-14-15-21(7-2)8-3/h6,9-13,17,20H,1,7-8,14-15H2,2-5H3. The van der Waals surface area contributed by atoms with Gasteiger partial charge < -0.3 is 9.64 Å². The smallest absolute Gasteiger partial charge is 0.328 e. The van der Waals surface area contributed by atoms with E-state index in [1.54, 1.807) is 6.08 Å². The Morgan fingerprint density at radius 2 is 1.91 bits per heavy atom. The molecule has 4 heteroatoms. The minimum atomic E-state index is -0.676. The van der Waals surface area contributed by atoms with Crippen molar-refractivity contribution in [1.29, 1.82) is 0 Å². The second kappa shape index (κ2) is 9.48. The van der Waals surface area contributed by atoms with Gasteiger partial charge in [-0.1, -0.05) is 50.8 Å². The van der Waals surface area contributed by atoms with E-state index in [4.69, 9.17) is 4.74 Å². The summed E-state index contributed by atoms with van der Waals surface area (Å²) in [5.41, 5.74) is 0.238. The molecule has 1 aromatic rings. The lowest BCUT2D eigenvalue weighted by Gasteiger charge is -2.26. The van der Waals surface area contributed by atoms with Crippen molar-refractivity contribution in [2.24, 2.45) is 0 Å². The number of carbonyl (C=O) groups is 1. The fourth-order valence-corrected chi connectivity index (χ4v) is 2.25. The third-order valence-electron chi connectivity index (χ3n) is 3.89. The Kier molecular flexibility index (Phi) is 8.00. The lowest BCUT2D eigenvalue weighted by molar-refractivity contribution is -0.155. The van der Waals surface area contributed by atoms with E-state index in [9.17, 15) is 4.79 Å². The van der Waals surface area contributed by atoms with Crippen molar-refractivity contribution in [1.82, 2.24) is 10.2 Å². The van der Waals surface area contributed by atoms with Gasteiger partial charge in [0.25, 0.3) is 0 Å². The normalized spacial score (nSPS) is 12.9. The highest BCUT2D eigenvalue weighted by Gasteiger charge is 2.27. The maximum atomic E-state index is 12.6. The van der Waals surface area contributed by atoms with Crippen LogP contribution in [0.1, 0.15) is 39.3 Å². The third-order valence-corrected chi connectivity index (χ3v) is 3.89. The molecule has 1 N–H and O–H groups in total. The number of hydrogen-bond acceptors (Lipinski definition) is 4. The number of rotatable bonds is 10. The summed E-state index contributed by atoms with van der Waals surface area (Å²) in [6.07, 6.45) is 1.64. The number of carbonyl (C=O) groups excluding carboxylic acids is 1. The van der Waals surface area contributed by atoms with Crippen molar-refractivity contribution in [3.8, 4) is 0 Å². The van der Waals surface area contributed by atoms with Gasteiger partial charge in [0, 0.05) is 13.1 Å². The molecule has 0 aromatic heterocycles. The Morgan fingerprint density at radius 1 is 1.30 bits per heavy atom. The Bertz CT molecular complexity index is 481. The van der Waals surface area contributed by atoms with Gasteiger partial charge in [-0.2, -0.15) is 0 Å². The highest BCUT2D eigenvalue weighted by Crippen LogP contribution is 2.19. The monoisotopic (exact) mass is 318 g/mol. The van der Waals surface area contributed by atoms with Gasteiger partial charge in [-0.05, 0) is 38.6 Å². The van der Waals surface area contributed by atoms with Gasteiger partial charge in [0.2, 0.25) is 0 Å². The number of nitrogens with one attached hydrogen (secondary N) is 1. The van der Waals surface area contributed by atoms with Gasteiger partial charge in [0.1, 0.15) is 11.6 Å². The summed E-state index contributed by atoms with van der Waals surface area (Å²) in [6.45, 7) is 15.3. The molecule has 1 rings (SSSR count). The summed E-state index contributed by atoms with van der Waals surface area (Å²) in [6, 6.07) is 9.22. The van der Waals surface area contributed by atoms with Crippen LogP contribution < -0.4 is 5.32 Å². The first-order valence-electron chi connectivity index (χ1n) is 8.30. The predicted octanol–water partition coefficient (Wildman–Crippen LogP) is 3.17. The maximum absolute atomic E-state index is 12.6. The van der Waals surface area contributed by atoms with Crippen LogP contribution in [0.5, 0.6) is 0 Å². The topological polar surface area (TPSA) is 41.6 Å². The van der Waals surface area contributed by atoms with E-state index in [1.807, 2.05) is 44.2 Å². The van der Waals surface area contributed by atoms with E-state index in [-0.39, 0.29) is 5.97 Å². The Balaban J connectivity index is 2.78. The minimum absolute atomic E-state index is 0.277. The first-order valence-corrected chi connectivity index (χ1v) is 8.30. The lowest BCUT2D eigenvalue weighted by atomic mass is 10.1. The quantitative estimate of drug-likeness (QED) is 0.531. The summed E-state index contributed by atoms with van der Waals surface area (Å²) in [5, 5.41) is 3.33. The van der Waals surface area contributed by atoms with Crippen LogP contribution in [0.4, 0.5) is 0 Å². The molecule has 0 saturated carbocycles. The fraction of sp³-hybridized carbons (Fsp3) is 0.526. The van der Waals surface area contributed by atoms with Crippen LogP contribution in [-0.2, 0) is 9.53 Å². The zero-order valence-electron chi connectivity index (χ0n) is 14.8. The predicted molar refractivity (Wildman–Crippen MR) is 95.3 cm³/mol. The largest absolute Gasteiger partial charge is 0.454 e. The van der Waals surface area contributed by atoms with Crippen molar-refractivity contribution < 1.29 is 9.53 Å². The first-order chi connectivity index (χ1) is 10.9. The molecule has 0 bridgehead atoms. The molecular formula is C19H30N2O2. The Labute approximate surface area is 140 Å². The van der Waals surface area contributed by atoms with Crippen molar-refractivity contribution in [2.75, 3.05) is 26.2 Å². The zero-order chi connectivity index (χ0) is 17.3. The van der Waals surface area contributed by atoms with Crippen LogP contribution in [0.3, 0.4) is 0 Å². The van der Waals surface area contributed by atoms with Gasteiger partial charge in [-0.25, -0.2) is 4.79 Å². The van der Waals surface area contributed by atoms with E-state index < -0.39 is 11.6 Å². The zero-order valence-corrected chi connectivity index (χ0v) is 14.8. The first kappa shape index (κ1) is 19.4. The molecular weight excluding hydrogens is 288 g/mol. The molecule has 1 aromatic carbocycles. The maximum Gasteiger partial charge on any atom is 0.328 e. The number of hydrogen-bond donors (Lipinski definition) is 1. The van der Waals surface area contributed by atoms with Crippen molar-refractivity contribution in [3.63, 3.8) is 0 Å². The van der Waals surface area contributed by atoms with Crippen LogP contribution in [0.2, 0.25) is 0 Å². The van der Waals surface area contributed by atoms with Crippen molar-refractivity contribution in [2.45, 2.75) is 39.3 Å². The van der Waals surface area contributed by atoms with Gasteiger partial charge in [0.15, 0.2) is 0 Å². The number of nitrogens with zero attached hydrogens (tertiary/aromatic N) is 1. The van der Waals surface area contributed by atoms with Gasteiger partial charge in [-0.15, -0.1) is 0 Å². The molecule has 0 spiro atoms. The summed E-state index contributed by atoms with van der Waals surface area (Å²) in [5.74, 6) is -0.277. The highest BCUT2D eigenvalue weighted by atomic mass is 16.6. The number of esters is 1. The molecule has 0 radical (unpaired) electrons. The summed E-state index contributed by atoms with van der Waals surface area (Å²) >= 11 is 0. The number of benzene rings is 1. The molecule has 0 aliphatic rings. The van der Waals surface area contributed by atoms with E-state index >= 15 is 0 Å². The molecule has 23 heavy (non-hydrogen) atoms. The molecule has 0 aliphatic carbocycles. The second-order valence-corrected chi connectivity index (χ2v) is 6.05. The lowest BCUT2D eigenvalue weighted by Crippen LogP contribution is -2.39. The van der Waals surface area contributed by atoms with Crippen molar-refractivity contribution in [3.05, 3.63) is 48.6 Å². The summed E-state index contributed by atoms with van der Waals surface area (Å²) in [7, 11) is 0. The molecule has 0 saturated heterocycles. The van der Waals surface area contributed by atoms with Crippen LogP contribution in [0.15, 0.2) is 43.0 Å². The van der Waals surface area contributed by atoms with Gasteiger partial charge in [-0.3, -0.25) is 5.32 Å². The second-order valence-electron chi connectivity index (χ2n) is 6.05. The fourth-order valence-electron chi connectivity index (χ4n) is 2.25. The van der Waals surface area contributed by atoms with E-state index in [1.165, 1.54) is 0 Å². The Morgan fingerprint density at radius 3 is 2.43 bits per heavy atom. The van der Waals surface area contributed by atoms with Crippen LogP contribution in [-0.4, -0.2) is 42.6 Å². The highest BCUT2D eigenvalue weighted by molar-refractivity contribution is 5.78. The average molecular weight is 318 g/mol. The van der Waals surface area contributed by atoms with Crippen LogP contribution in [0.25, 0.3) is 0 Å². The molecule has 0 aliphatic heterocycles. The van der Waals surface area contributed by atoms with Gasteiger partial charge in [0.05, 0.1) is 0 Å². The molecule has 1 atom stereocenters. The van der Waals surface area contributed by atoms with Gasteiger partial charge >= 0.3 is 5.97 Å². The molecule has 0 heterocycles. The molecule has 1 unspecified atom stereocenters. The number of ether oxygens (including phenoxy) is 1. The van der Waals surface area contributed by atoms with E-state index in [0.717, 1.165) is 31.7 Å². The molecule has 128 valence electrons. The number of likely N-dealkylation sites (N-methyl/N-ethyl adjacent to an activating group) is 1. The van der Waals surface area contributed by atoms with Crippen LogP contribution >= 0.6 is 0 Å². The summed E-state index contributed by atoms with van der Waals surface area (Å²) in [4.78, 5) is 14.9. The Hall–Kier alpha value is -1.65. The SMILES string of the molecule is C=CC(C)(C)OC(=O)C(NCCN(CC)CC)c1ccccc1. The van der Waals surface area contributed by atoms with E-state index in [0.29, 0.717) is 0 Å². The van der Waals surface area contributed by atoms with Crippen molar-refractivity contribution >= 4 is 5.97 Å². The van der Waals surface area contributed by atoms with E-state index in [2.05, 4.69) is 30.6 Å². The molecule has 0 fully saturated rings.